The fourth-order valence-corrected chi connectivity index (χ4v) is 2.92. The first-order valence-electron chi connectivity index (χ1n) is 7.52. The van der Waals surface area contributed by atoms with Gasteiger partial charge in [-0.25, -0.2) is 4.39 Å². The lowest BCUT2D eigenvalue weighted by Crippen LogP contribution is -2.07. The molecule has 2 aromatic heterocycles. The number of aromatic nitrogens is 3. The molecule has 0 radical (unpaired) electrons. The van der Waals surface area contributed by atoms with Crippen molar-refractivity contribution in [2.45, 2.75) is 6.92 Å². The summed E-state index contributed by atoms with van der Waals surface area (Å²) in [6, 6.07) is 6.67. The first-order chi connectivity index (χ1) is 12.4. The van der Waals surface area contributed by atoms with E-state index in [1.165, 1.54) is 19.3 Å². The minimum absolute atomic E-state index is 0.129. The van der Waals surface area contributed by atoms with Gasteiger partial charge in [0.05, 0.1) is 11.4 Å². The van der Waals surface area contributed by atoms with E-state index in [2.05, 4.69) is 27.4 Å². The molecule has 3 aromatic rings. The third-order valence-electron chi connectivity index (χ3n) is 3.72. The molecule has 0 atom stereocenters. The van der Waals surface area contributed by atoms with E-state index in [1.807, 2.05) is 22.6 Å². The molecule has 0 aliphatic carbocycles. The van der Waals surface area contributed by atoms with Crippen LogP contribution in [-0.4, -0.2) is 20.5 Å². The van der Waals surface area contributed by atoms with Crippen LogP contribution in [0.5, 0.6) is 0 Å². The zero-order valence-corrected chi connectivity index (χ0v) is 16.2. The molecular weight excluding hydrogens is 452 g/mol. The minimum Gasteiger partial charge on any atom is -0.339 e. The van der Waals surface area contributed by atoms with Crippen LogP contribution < -0.4 is 10.6 Å². The van der Waals surface area contributed by atoms with E-state index in [0.29, 0.717) is 22.8 Å². The number of halogens is 2. The van der Waals surface area contributed by atoms with Crippen LogP contribution in [0.4, 0.5) is 21.9 Å². The van der Waals surface area contributed by atoms with Gasteiger partial charge in [-0.15, -0.1) is 0 Å². The Balaban J connectivity index is 2.01. The highest BCUT2D eigenvalue weighted by molar-refractivity contribution is 14.1. The van der Waals surface area contributed by atoms with Crippen molar-refractivity contribution in [2.75, 3.05) is 10.6 Å². The van der Waals surface area contributed by atoms with Crippen LogP contribution in [0.3, 0.4) is 0 Å². The van der Waals surface area contributed by atoms with Gasteiger partial charge in [-0.2, -0.15) is 4.98 Å². The zero-order chi connectivity index (χ0) is 18.8. The molecule has 1 aromatic carbocycles. The fraction of sp³-hybridized carbons (Fsp3) is 0.118. The summed E-state index contributed by atoms with van der Waals surface area (Å²) < 4.78 is 21.6. The number of carbonyl (C=O) groups is 1. The van der Waals surface area contributed by atoms with Gasteiger partial charge in [0.25, 0.3) is 0 Å². The summed E-state index contributed by atoms with van der Waals surface area (Å²) in [6.45, 7) is 5.41. The third kappa shape index (κ3) is 3.62. The molecule has 0 bridgehead atoms. The summed E-state index contributed by atoms with van der Waals surface area (Å²) in [4.78, 5) is 15.8. The van der Waals surface area contributed by atoms with Crippen LogP contribution in [0.25, 0.3) is 5.70 Å². The monoisotopic (exact) mass is 467 g/mol. The Morgan fingerprint density at radius 1 is 1.38 bits per heavy atom. The van der Waals surface area contributed by atoms with Gasteiger partial charge < -0.3 is 19.7 Å². The number of Topliss-reactive ketones (excluding diaryl/α,β-unsaturated/α-hetero) is 1. The summed E-state index contributed by atoms with van der Waals surface area (Å²) in [6.07, 6.45) is 1.25. The van der Waals surface area contributed by atoms with Gasteiger partial charge in [0, 0.05) is 28.8 Å². The van der Waals surface area contributed by atoms with Crippen molar-refractivity contribution in [1.82, 2.24) is 14.7 Å². The van der Waals surface area contributed by atoms with Crippen molar-refractivity contribution in [3.8, 4) is 0 Å². The molecule has 0 aliphatic rings. The SMILES string of the molecule is C=C(Nc1ncno1)c1cc(C(C)=O)n(C)c1Nc1ccc(I)cc1F. The molecule has 9 heteroatoms. The van der Waals surface area contributed by atoms with E-state index < -0.39 is 5.82 Å². The molecule has 2 heterocycles. The Morgan fingerprint density at radius 2 is 2.15 bits per heavy atom. The summed E-state index contributed by atoms with van der Waals surface area (Å²) in [5.41, 5.74) is 1.73. The van der Waals surface area contributed by atoms with E-state index in [4.69, 9.17) is 4.52 Å². The number of nitrogens with one attached hydrogen (secondary N) is 2. The molecule has 0 fully saturated rings. The lowest BCUT2D eigenvalue weighted by Gasteiger charge is -2.13. The van der Waals surface area contributed by atoms with Crippen LogP contribution in [0.1, 0.15) is 23.0 Å². The Hall–Kier alpha value is -2.69. The van der Waals surface area contributed by atoms with Crippen molar-refractivity contribution >= 4 is 51.6 Å². The zero-order valence-electron chi connectivity index (χ0n) is 14.0. The molecule has 0 amide bonds. The maximum absolute atomic E-state index is 14.3. The smallest absolute Gasteiger partial charge is 0.325 e. The number of carbonyl (C=O) groups excluding carboxylic acids is 1. The maximum atomic E-state index is 14.3. The van der Waals surface area contributed by atoms with E-state index in [9.17, 15) is 9.18 Å². The second-order valence-electron chi connectivity index (χ2n) is 5.51. The fourth-order valence-electron chi connectivity index (χ4n) is 2.47. The Kier molecular flexibility index (Phi) is 5.07. The van der Waals surface area contributed by atoms with E-state index >= 15 is 0 Å². The average Bonchev–Trinajstić information content (AvgIpc) is 3.18. The average molecular weight is 467 g/mol. The highest BCUT2D eigenvalue weighted by Gasteiger charge is 2.19. The van der Waals surface area contributed by atoms with Crippen molar-refractivity contribution in [1.29, 1.82) is 0 Å². The van der Waals surface area contributed by atoms with Crippen molar-refractivity contribution in [3.63, 3.8) is 0 Å². The quantitative estimate of drug-likeness (QED) is 0.418. The lowest BCUT2D eigenvalue weighted by atomic mass is 10.2. The summed E-state index contributed by atoms with van der Waals surface area (Å²) in [5, 5.41) is 9.43. The van der Waals surface area contributed by atoms with Gasteiger partial charge in [0.2, 0.25) is 0 Å². The first-order valence-corrected chi connectivity index (χ1v) is 8.60. The Labute approximate surface area is 162 Å². The van der Waals surface area contributed by atoms with E-state index in [0.717, 1.165) is 3.57 Å². The Bertz CT molecular complexity index is 981. The van der Waals surface area contributed by atoms with Crippen molar-refractivity contribution in [2.24, 2.45) is 7.05 Å². The van der Waals surface area contributed by atoms with Crippen LogP contribution in [0.2, 0.25) is 0 Å². The van der Waals surface area contributed by atoms with Gasteiger partial charge >= 0.3 is 6.01 Å². The van der Waals surface area contributed by atoms with Crippen LogP contribution in [0.15, 0.2) is 41.7 Å². The molecule has 7 nitrogen and oxygen atoms in total. The molecular formula is C17H15FIN5O2. The summed E-state index contributed by atoms with van der Waals surface area (Å²) in [7, 11) is 1.72. The highest BCUT2D eigenvalue weighted by atomic mass is 127. The first kappa shape index (κ1) is 18.1. The number of hydrogen-bond donors (Lipinski definition) is 2. The lowest BCUT2D eigenvalue weighted by molar-refractivity contribution is 0.101. The number of nitrogens with zero attached hydrogens (tertiary/aromatic N) is 3. The predicted octanol–water partition coefficient (Wildman–Crippen LogP) is 4.18. The number of ketones is 1. The number of anilines is 3. The molecule has 0 saturated heterocycles. The molecule has 0 spiro atoms. The second-order valence-corrected chi connectivity index (χ2v) is 6.75. The van der Waals surface area contributed by atoms with Gasteiger partial charge in [-0.1, -0.05) is 11.7 Å². The predicted molar refractivity (Wildman–Crippen MR) is 105 cm³/mol. The van der Waals surface area contributed by atoms with Gasteiger partial charge in [0.1, 0.15) is 11.6 Å². The topological polar surface area (TPSA) is 85.0 Å². The number of hydrogen-bond acceptors (Lipinski definition) is 6. The number of rotatable bonds is 6. The molecule has 2 N–H and O–H groups in total. The van der Waals surface area contributed by atoms with Gasteiger partial charge in [0.15, 0.2) is 12.1 Å². The second kappa shape index (κ2) is 7.28. The van der Waals surface area contributed by atoms with Crippen molar-refractivity contribution in [3.05, 3.63) is 57.8 Å². The molecule has 134 valence electrons. The molecule has 3 rings (SSSR count). The van der Waals surface area contributed by atoms with Crippen LogP contribution in [-0.2, 0) is 7.05 Å². The number of benzene rings is 1. The largest absolute Gasteiger partial charge is 0.339 e. The molecule has 0 aliphatic heterocycles. The van der Waals surface area contributed by atoms with Gasteiger partial charge in [-0.05, 0) is 46.9 Å². The maximum Gasteiger partial charge on any atom is 0.325 e. The highest BCUT2D eigenvalue weighted by Crippen LogP contribution is 2.31. The van der Waals surface area contributed by atoms with Crippen LogP contribution >= 0.6 is 22.6 Å². The minimum atomic E-state index is -0.399. The Morgan fingerprint density at radius 3 is 2.77 bits per heavy atom. The molecule has 26 heavy (non-hydrogen) atoms. The van der Waals surface area contributed by atoms with Crippen molar-refractivity contribution < 1.29 is 13.7 Å². The third-order valence-corrected chi connectivity index (χ3v) is 4.39. The van der Waals surface area contributed by atoms with Gasteiger partial charge in [-0.3, -0.25) is 4.79 Å². The molecule has 0 unspecified atom stereocenters. The normalized spacial score (nSPS) is 10.6. The van der Waals surface area contributed by atoms with E-state index in [-0.39, 0.29) is 17.5 Å². The van der Waals surface area contributed by atoms with Crippen LogP contribution in [0, 0.1) is 9.39 Å². The summed E-state index contributed by atoms with van der Waals surface area (Å²) in [5.74, 6) is -0.0216. The van der Waals surface area contributed by atoms with E-state index in [1.54, 1.807) is 29.8 Å². The standard InChI is InChI=1S/C17H15FIN5O2/c1-9(22-17-20-8-21-26-17)12-7-15(10(2)25)24(3)16(12)23-14-5-4-11(19)6-13(14)18/h4-8,23H,1H2,2-3H3,(H,20,21,22). The summed E-state index contributed by atoms with van der Waals surface area (Å²) >= 11 is 2.04. The molecule has 0 saturated carbocycles.